The van der Waals surface area contributed by atoms with Gasteiger partial charge in [-0.1, -0.05) is 12.1 Å². The van der Waals surface area contributed by atoms with Gasteiger partial charge in [-0.25, -0.2) is 0 Å². The fourth-order valence-corrected chi connectivity index (χ4v) is 1.52. The van der Waals surface area contributed by atoms with Gasteiger partial charge in [0, 0.05) is 19.5 Å². The van der Waals surface area contributed by atoms with Crippen molar-refractivity contribution in [2.75, 3.05) is 13.1 Å². The maximum atomic E-state index is 5.76. The summed E-state index contributed by atoms with van der Waals surface area (Å²) >= 11 is 0. The number of hydrogen-bond donors (Lipinski definition) is 1. The molecule has 0 saturated heterocycles. The molecule has 0 amide bonds. The third kappa shape index (κ3) is 2.36. The molecule has 1 aromatic carbocycles. The lowest BCUT2D eigenvalue weighted by molar-refractivity contribution is 0.388. The molecule has 2 heteroatoms. The summed E-state index contributed by atoms with van der Waals surface area (Å²) in [7, 11) is 0. The molecular weight excluding hydrogens is 174 g/mol. The highest BCUT2D eigenvalue weighted by atomic mass is 16.5. The van der Waals surface area contributed by atoms with E-state index in [0.717, 1.165) is 31.0 Å². The summed E-state index contributed by atoms with van der Waals surface area (Å²) in [5, 5.41) is 3.26. The summed E-state index contributed by atoms with van der Waals surface area (Å²) in [4.78, 5) is 0. The first-order valence-electron chi connectivity index (χ1n) is 4.99. The molecule has 0 radical (unpaired) electrons. The van der Waals surface area contributed by atoms with Gasteiger partial charge in [-0.05, 0) is 30.7 Å². The van der Waals surface area contributed by atoms with Crippen molar-refractivity contribution in [3.63, 3.8) is 0 Å². The van der Waals surface area contributed by atoms with E-state index in [1.165, 1.54) is 5.56 Å². The van der Waals surface area contributed by atoms with E-state index in [2.05, 4.69) is 30.4 Å². The van der Waals surface area contributed by atoms with Crippen molar-refractivity contribution >= 4 is 0 Å². The van der Waals surface area contributed by atoms with E-state index in [4.69, 9.17) is 4.74 Å². The number of ether oxygens (including phenoxy) is 1. The molecule has 0 saturated carbocycles. The van der Waals surface area contributed by atoms with E-state index in [1.807, 2.05) is 12.1 Å². The first kappa shape index (κ1) is 9.28. The van der Waals surface area contributed by atoms with Gasteiger partial charge in [0.25, 0.3) is 0 Å². The Kier molecular flexibility index (Phi) is 2.84. The van der Waals surface area contributed by atoms with Gasteiger partial charge < -0.3 is 10.1 Å². The molecule has 0 spiro atoms. The van der Waals surface area contributed by atoms with Gasteiger partial charge in [-0.3, -0.25) is 0 Å². The zero-order valence-electron chi connectivity index (χ0n) is 8.42. The van der Waals surface area contributed by atoms with Crippen LogP contribution in [0.5, 0.6) is 5.75 Å². The summed E-state index contributed by atoms with van der Waals surface area (Å²) in [6.45, 7) is 4.00. The number of hydrogen-bond acceptors (Lipinski definition) is 2. The summed E-state index contributed by atoms with van der Waals surface area (Å²) in [5.74, 6) is 2.02. The smallest absolute Gasteiger partial charge is 0.127 e. The molecule has 0 aliphatic carbocycles. The summed E-state index contributed by atoms with van der Waals surface area (Å²) < 4.78 is 5.76. The minimum atomic E-state index is 0.918. The molecule has 1 aliphatic heterocycles. The first-order chi connectivity index (χ1) is 6.84. The molecule has 0 fully saturated rings. The van der Waals surface area contributed by atoms with Crippen molar-refractivity contribution in [3.05, 3.63) is 41.7 Å². The largest absolute Gasteiger partial charge is 0.462 e. The Hall–Kier alpha value is -1.28. The molecule has 0 aromatic heterocycles. The molecule has 1 heterocycles. The van der Waals surface area contributed by atoms with Crippen molar-refractivity contribution in [2.24, 2.45) is 0 Å². The minimum Gasteiger partial charge on any atom is -0.462 e. The Balaban J connectivity index is 2.06. The van der Waals surface area contributed by atoms with Crippen LogP contribution in [0, 0.1) is 6.92 Å². The van der Waals surface area contributed by atoms with E-state index in [1.54, 1.807) is 0 Å². The zero-order chi connectivity index (χ0) is 9.80. The van der Waals surface area contributed by atoms with Crippen LogP contribution in [0.2, 0.25) is 0 Å². The fourth-order valence-electron chi connectivity index (χ4n) is 1.52. The van der Waals surface area contributed by atoms with E-state index < -0.39 is 0 Å². The molecule has 74 valence electrons. The quantitative estimate of drug-likeness (QED) is 0.770. The molecule has 2 nitrogen and oxygen atoms in total. The number of nitrogens with one attached hydrogen (secondary N) is 1. The van der Waals surface area contributed by atoms with Crippen LogP contribution in [0.25, 0.3) is 0 Å². The van der Waals surface area contributed by atoms with Crippen molar-refractivity contribution in [3.8, 4) is 5.75 Å². The van der Waals surface area contributed by atoms with Gasteiger partial charge in [0.15, 0.2) is 0 Å². The van der Waals surface area contributed by atoms with Crippen LogP contribution < -0.4 is 10.1 Å². The molecule has 0 unspecified atom stereocenters. The van der Waals surface area contributed by atoms with Crippen molar-refractivity contribution in [2.45, 2.75) is 13.3 Å². The van der Waals surface area contributed by atoms with E-state index >= 15 is 0 Å². The highest BCUT2D eigenvalue weighted by Crippen LogP contribution is 2.17. The van der Waals surface area contributed by atoms with E-state index in [9.17, 15) is 0 Å². The fraction of sp³-hybridized carbons (Fsp3) is 0.333. The second-order valence-electron chi connectivity index (χ2n) is 3.54. The average molecular weight is 189 g/mol. The molecule has 2 rings (SSSR count). The van der Waals surface area contributed by atoms with Gasteiger partial charge in [-0.2, -0.15) is 0 Å². The third-order valence-electron chi connectivity index (χ3n) is 2.26. The normalized spacial score (nSPS) is 16.2. The lowest BCUT2D eigenvalue weighted by Gasteiger charge is -2.15. The first-order valence-corrected chi connectivity index (χ1v) is 4.99. The Morgan fingerprint density at radius 2 is 2.29 bits per heavy atom. The zero-order valence-corrected chi connectivity index (χ0v) is 8.42. The molecule has 1 aromatic rings. The van der Waals surface area contributed by atoms with E-state index in [0.29, 0.717) is 0 Å². The van der Waals surface area contributed by atoms with Gasteiger partial charge >= 0.3 is 0 Å². The van der Waals surface area contributed by atoms with E-state index in [-0.39, 0.29) is 0 Å². The highest BCUT2D eigenvalue weighted by molar-refractivity contribution is 5.29. The van der Waals surface area contributed by atoms with Gasteiger partial charge in [0.2, 0.25) is 0 Å². The minimum absolute atomic E-state index is 0.918. The molecule has 1 N–H and O–H groups in total. The van der Waals surface area contributed by atoms with Crippen LogP contribution in [-0.4, -0.2) is 13.1 Å². The second-order valence-corrected chi connectivity index (χ2v) is 3.54. The predicted octanol–water partition coefficient (Wildman–Crippen LogP) is 2.25. The standard InChI is InChI=1S/C12H15NO/c1-10-3-2-4-12(9-10)14-11-5-7-13-8-6-11/h2-5,9,13H,6-8H2,1H3. The Labute approximate surface area is 84.6 Å². The molecule has 0 bridgehead atoms. The lowest BCUT2D eigenvalue weighted by Crippen LogP contribution is -2.22. The Bertz CT molecular complexity index is 344. The highest BCUT2D eigenvalue weighted by Gasteiger charge is 2.04. The van der Waals surface area contributed by atoms with Crippen LogP contribution in [-0.2, 0) is 0 Å². The van der Waals surface area contributed by atoms with Gasteiger partial charge in [0.1, 0.15) is 11.5 Å². The third-order valence-corrected chi connectivity index (χ3v) is 2.26. The monoisotopic (exact) mass is 189 g/mol. The van der Waals surface area contributed by atoms with Crippen LogP contribution in [0.3, 0.4) is 0 Å². The number of aryl methyl sites for hydroxylation is 1. The number of benzene rings is 1. The van der Waals surface area contributed by atoms with Crippen molar-refractivity contribution in [1.29, 1.82) is 0 Å². The lowest BCUT2D eigenvalue weighted by atomic mass is 10.2. The Morgan fingerprint density at radius 1 is 1.36 bits per heavy atom. The van der Waals surface area contributed by atoms with Crippen LogP contribution in [0.15, 0.2) is 36.1 Å². The SMILES string of the molecule is Cc1cccc(OC2=CCNCC2)c1. The van der Waals surface area contributed by atoms with Crippen molar-refractivity contribution < 1.29 is 4.74 Å². The van der Waals surface area contributed by atoms with Crippen LogP contribution >= 0.6 is 0 Å². The summed E-state index contributed by atoms with van der Waals surface area (Å²) in [5.41, 5.74) is 1.23. The summed E-state index contributed by atoms with van der Waals surface area (Å²) in [6, 6.07) is 8.15. The van der Waals surface area contributed by atoms with Crippen molar-refractivity contribution in [1.82, 2.24) is 5.32 Å². The average Bonchev–Trinajstić information content (AvgIpc) is 2.19. The van der Waals surface area contributed by atoms with Crippen LogP contribution in [0.4, 0.5) is 0 Å². The Morgan fingerprint density at radius 3 is 3.00 bits per heavy atom. The maximum absolute atomic E-state index is 5.76. The maximum Gasteiger partial charge on any atom is 0.127 e. The van der Waals surface area contributed by atoms with Gasteiger partial charge in [0.05, 0.1) is 0 Å². The molecule has 1 aliphatic rings. The van der Waals surface area contributed by atoms with Crippen LogP contribution in [0.1, 0.15) is 12.0 Å². The molecule has 14 heavy (non-hydrogen) atoms. The predicted molar refractivity (Wildman–Crippen MR) is 57.4 cm³/mol. The summed E-state index contributed by atoms with van der Waals surface area (Å²) in [6.07, 6.45) is 3.08. The molecule has 0 atom stereocenters. The van der Waals surface area contributed by atoms with Gasteiger partial charge in [-0.15, -0.1) is 0 Å². The topological polar surface area (TPSA) is 21.3 Å². The molecular formula is C12H15NO. The second kappa shape index (κ2) is 4.29. The number of rotatable bonds is 2.